The van der Waals surface area contributed by atoms with Gasteiger partial charge in [-0.3, -0.25) is 4.79 Å². The number of aryl methyl sites for hydroxylation is 1. The Hall–Kier alpha value is -2.18. The van der Waals surface area contributed by atoms with Gasteiger partial charge in [-0.25, -0.2) is 8.42 Å². The highest BCUT2D eigenvalue weighted by Gasteiger charge is 2.38. The van der Waals surface area contributed by atoms with Crippen LogP contribution in [-0.4, -0.2) is 30.8 Å². The van der Waals surface area contributed by atoms with Gasteiger partial charge in [-0.1, -0.05) is 48.0 Å². The summed E-state index contributed by atoms with van der Waals surface area (Å²) >= 11 is 0. The van der Waals surface area contributed by atoms with Crippen LogP contribution in [0.1, 0.15) is 57.2 Å². The average molecular weight is 430 g/mol. The molecule has 0 spiro atoms. The van der Waals surface area contributed by atoms with Crippen LogP contribution < -0.4 is 0 Å². The van der Waals surface area contributed by atoms with Gasteiger partial charge in [-0.15, -0.1) is 0 Å². The van der Waals surface area contributed by atoms with E-state index in [0.717, 1.165) is 11.1 Å². The molecule has 1 heterocycles. The highest BCUT2D eigenvalue weighted by molar-refractivity contribution is 7.89. The molecule has 0 aromatic heterocycles. The normalized spacial score (nSPS) is 20.7. The summed E-state index contributed by atoms with van der Waals surface area (Å²) < 4.78 is 33.9. The minimum atomic E-state index is -3.64. The first-order valence-corrected chi connectivity index (χ1v) is 11.9. The maximum Gasteiger partial charge on any atom is 0.306 e. The first kappa shape index (κ1) is 22.5. The van der Waals surface area contributed by atoms with Crippen molar-refractivity contribution in [1.82, 2.24) is 4.31 Å². The monoisotopic (exact) mass is 429 g/mol. The molecule has 0 aliphatic carbocycles. The Morgan fingerprint density at radius 2 is 1.70 bits per heavy atom. The van der Waals surface area contributed by atoms with Gasteiger partial charge in [-0.2, -0.15) is 4.31 Å². The summed E-state index contributed by atoms with van der Waals surface area (Å²) in [4.78, 5) is 12.7. The van der Waals surface area contributed by atoms with E-state index in [1.807, 2.05) is 70.2 Å². The molecule has 0 amide bonds. The van der Waals surface area contributed by atoms with Crippen molar-refractivity contribution in [3.05, 3.63) is 65.7 Å². The van der Waals surface area contributed by atoms with Gasteiger partial charge in [0, 0.05) is 13.0 Å². The van der Waals surface area contributed by atoms with E-state index in [0.29, 0.717) is 30.7 Å². The fourth-order valence-corrected chi connectivity index (χ4v) is 5.57. The second kappa shape index (κ2) is 8.90. The van der Waals surface area contributed by atoms with Gasteiger partial charge in [0.05, 0.1) is 10.9 Å². The third-order valence-electron chi connectivity index (χ3n) is 5.35. The van der Waals surface area contributed by atoms with Crippen LogP contribution >= 0.6 is 0 Å². The number of nitrogens with zero attached hydrogens (tertiary/aromatic N) is 1. The molecule has 1 aliphatic rings. The highest BCUT2D eigenvalue weighted by atomic mass is 32.2. The van der Waals surface area contributed by atoms with Crippen molar-refractivity contribution in [3.8, 4) is 0 Å². The molecule has 2 aromatic rings. The molecule has 0 saturated carbocycles. The topological polar surface area (TPSA) is 63.7 Å². The second-order valence-corrected chi connectivity index (χ2v) is 10.9. The zero-order chi connectivity index (χ0) is 21.9. The number of hydrogen-bond acceptors (Lipinski definition) is 4. The van der Waals surface area contributed by atoms with Gasteiger partial charge in [-0.05, 0) is 64.2 Å². The molecule has 5 nitrogen and oxygen atoms in total. The SMILES string of the molecule is Cc1ccc(S(=O)(=O)N2CC[C@@H](CC(=O)OC(C)(C)C)C[C@@H]2c2ccccc2)cc1. The lowest BCUT2D eigenvalue weighted by Crippen LogP contribution is -2.41. The van der Waals surface area contributed by atoms with Gasteiger partial charge in [0.15, 0.2) is 0 Å². The van der Waals surface area contributed by atoms with E-state index in [4.69, 9.17) is 4.74 Å². The van der Waals surface area contributed by atoms with Gasteiger partial charge < -0.3 is 4.74 Å². The van der Waals surface area contributed by atoms with Gasteiger partial charge in [0.2, 0.25) is 10.0 Å². The van der Waals surface area contributed by atoms with Crippen LogP contribution in [0.3, 0.4) is 0 Å². The van der Waals surface area contributed by atoms with Crippen LogP contribution in [0.2, 0.25) is 0 Å². The van der Waals surface area contributed by atoms with E-state index in [1.165, 1.54) is 0 Å². The van der Waals surface area contributed by atoms with Crippen molar-refractivity contribution in [2.45, 2.75) is 63.5 Å². The molecule has 1 aliphatic heterocycles. The lowest BCUT2D eigenvalue weighted by atomic mass is 9.86. The van der Waals surface area contributed by atoms with E-state index in [-0.39, 0.29) is 17.9 Å². The number of carbonyl (C=O) groups excluding carboxylic acids is 1. The molecule has 1 fully saturated rings. The minimum Gasteiger partial charge on any atom is -0.460 e. The molecule has 0 N–H and O–H groups in total. The number of esters is 1. The molecule has 0 bridgehead atoms. The molecule has 2 aromatic carbocycles. The number of piperidine rings is 1. The smallest absolute Gasteiger partial charge is 0.306 e. The van der Waals surface area contributed by atoms with Crippen LogP contribution in [0.4, 0.5) is 0 Å². The Morgan fingerprint density at radius 1 is 1.07 bits per heavy atom. The molecule has 1 saturated heterocycles. The van der Waals surface area contributed by atoms with Crippen molar-refractivity contribution < 1.29 is 17.9 Å². The third kappa shape index (κ3) is 5.49. The fraction of sp³-hybridized carbons (Fsp3) is 0.458. The maximum absolute atomic E-state index is 13.4. The van der Waals surface area contributed by atoms with Crippen molar-refractivity contribution in [2.75, 3.05) is 6.54 Å². The summed E-state index contributed by atoms with van der Waals surface area (Å²) in [5, 5.41) is 0. The number of ether oxygens (including phenoxy) is 1. The number of carbonyl (C=O) groups is 1. The quantitative estimate of drug-likeness (QED) is 0.636. The van der Waals surface area contributed by atoms with E-state index >= 15 is 0 Å². The van der Waals surface area contributed by atoms with Crippen LogP contribution in [0.5, 0.6) is 0 Å². The molecular weight excluding hydrogens is 398 g/mol. The van der Waals surface area contributed by atoms with Crippen LogP contribution in [0.25, 0.3) is 0 Å². The van der Waals surface area contributed by atoms with E-state index in [9.17, 15) is 13.2 Å². The molecule has 162 valence electrons. The Kier molecular flexibility index (Phi) is 6.68. The van der Waals surface area contributed by atoms with Crippen molar-refractivity contribution in [3.63, 3.8) is 0 Å². The maximum atomic E-state index is 13.4. The van der Waals surface area contributed by atoms with Crippen LogP contribution in [0.15, 0.2) is 59.5 Å². The van der Waals surface area contributed by atoms with Gasteiger partial charge in [0.25, 0.3) is 0 Å². The Balaban J connectivity index is 1.86. The van der Waals surface area contributed by atoms with E-state index < -0.39 is 15.6 Å². The molecule has 2 atom stereocenters. The summed E-state index contributed by atoms with van der Waals surface area (Å²) in [7, 11) is -3.64. The van der Waals surface area contributed by atoms with Crippen molar-refractivity contribution in [2.24, 2.45) is 5.92 Å². The second-order valence-electron chi connectivity index (χ2n) is 9.04. The molecule has 0 unspecified atom stereocenters. The number of benzene rings is 2. The zero-order valence-corrected chi connectivity index (χ0v) is 19.0. The molecule has 6 heteroatoms. The Morgan fingerprint density at radius 3 is 2.30 bits per heavy atom. The lowest BCUT2D eigenvalue weighted by molar-refractivity contribution is -0.156. The standard InChI is InChI=1S/C24H31NO4S/c1-18-10-12-21(13-11-18)30(27,28)25-15-14-19(17-23(26)29-24(2,3)4)16-22(25)20-8-6-5-7-9-20/h5-13,19,22H,14-17H2,1-4H3/t19-,22-/m1/s1. The minimum absolute atomic E-state index is 0.0783. The van der Waals surface area contributed by atoms with Gasteiger partial charge in [0.1, 0.15) is 5.60 Å². The lowest BCUT2D eigenvalue weighted by Gasteiger charge is -2.39. The Labute approximate surface area is 180 Å². The van der Waals surface area contributed by atoms with Crippen molar-refractivity contribution in [1.29, 1.82) is 0 Å². The highest BCUT2D eigenvalue weighted by Crippen LogP contribution is 2.39. The summed E-state index contributed by atoms with van der Waals surface area (Å²) in [6.45, 7) is 7.88. The summed E-state index contributed by atoms with van der Waals surface area (Å²) in [6, 6.07) is 16.3. The Bertz CT molecular complexity index is 963. The first-order valence-electron chi connectivity index (χ1n) is 10.4. The average Bonchev–Trinajstić information content (AvgIpc) is 2.67. The largest absolute Gasteiger partial charge is 0.460 e. The predicted molar refractivity (Wildman–Crippen MR) is 117 cm³/mol. The summed E-state index contributed by atoms with van der Waals surface area (Å²) in [5.41, 5.74) is 1.44. The van der Waals surface area contributed by atoms with Crippen molar-refractivity contribution >= 4 is 16.0 Å². The first-order chi connectivity index (χ1) is 14.1. The predicted octanol–water partition coefficient (Wildman–Crippen LogP) is 4.87. The van der Waals surface area contributed by atoms with Gasteiger partial charge >= 0.3 is 5.97 Å². The van der Waals surface area contributed by atoms with E-state index in [2.05, 4.69) is 0 Å². The molecule has 0 radical (unpaired) electrons. The number of rotatable bonds is 5. The zero-order valence-electron chi connectivity index (χ0n) is 18.2. The van der Waals surface area contributed by atoms with Crippen LogP contribution in [0, 0.1) is 12.8 Å². The number of sulfonamides is 1. The van der Waals surface area contributed by atoms with E-state index in [1.54, 1.807) is 16.4 Å². The third-order valence-corrected chi connectivity index (χ3v) is 7.27. The van der Waals surface area contributed by atoms with Crippen LogP contribution in [-0.2, 0) is 19.6 Å². The molecular formula is C24H31NO4S. The fourth-order valence-electron chi connectivity index (χ4n) is 3.93. The summed E-state index contributed by atoms with van der Waals surface area (Å²) in [5.74, 6) is -0.149. The number of hydrogen-bond donors (Lipinski definition) is 0. The molecule has 3 rings (SSSR count). The summed E-state index contributed by atoms with van der Waals surface area (Å²) in [6.07, 6.45) is 1.53. The molecule has 30 heavy (non-hydrogen) atoms.